The van der Waals surface area contributed by atoms with Crippen LogP contribution >= 0.6 is 0 Å². The average Bonchev–Trinajstić information content (AvgIpc) is 2.90. The van der Waals surface area contributed by atoms with E-state index in [1.165, 1.54) is 12.1 Å². The Balaban J connectivity index is 2.33. The van der Waals surface area contributed by atoms with Crippen molar-refractivity contribution in [3.8, 4) is 0 Å². The van der Waals surface area contributed by atoms with Crippen LogP contribution in [0.1, 0.15) is 41.6 Å². The molecule has 5 nitrogen and oxygen atoms in total. The Labute approximate surface area is 119 Å². The Bertz CT molecular complexity index is 619. The fourth-order valence-corrected chi connectivity index (χ4v) is 3.20. The monoisotopic (exact) mass is 296 g/mol. The van der Waals surface area contributed by atoms with Gasteiger partial charge >= 0.3 is 0 Å². The molecule has 0 aromatic heterocycles. The predicted molar refractivity (Wildman–Crippen MR) is 76.9 cm³/mol. The van der Waals surface area contributed by atoms with Crippen molar-refractivity contribution in [2.45, 2.75) is 43.5 Å². The van der Waals surface area contributed by atoms with Crippen molar-refractivity contribution in [3.63, 3.8) is 0 Å². The van der Waals surface area contributed by atoms with Gasteiger partial charge < -0.3 is 4.90 Å². The standard InChI is InChI=1S/C14H20N2O3S/c1-10-7-8-12(20(15,18)19)9-13(10)14(17)16(2)11-5-3-4-6-11/h7-9,11H,3-6H2,1-2H3,(H2,15,18,19). The molecule has 1 fully saturated rings. The van der Waals surface area contributed by atoms with E-state index in [9.17, 15) is 13.2 Å². The molecule has 0 spiro atoms. The van der Waals surface area contributed by atoms with E-state index in [2.05, 4.69) is 0 Å². The van der Waals surface area contributed by atoms with Gasteiger partial charge in [0.2, 0.25) is 10.0 Å². The van der Waals surface area contributed by atoms with E-state index < -0.39 is 10.0 Å². The molecule has 0 heterocycles. The highest BCUT2D eigenvalue weighted by Crippen LogP contribution is 2.25. The minimum Gasteiger partial charge on any atom is -0.339 e. The van der Waals surface area contributed by atoms with Crippen molar-refractivity contribution < 1.29 is 13.2 Å². The van der Waals surface area contributed by atoms with E-state index in [0.717, 1.165) is 31.2 Å². The van der Waals surface area contributed by atoms with Gasteiger partial charge in [0.15, 0.2) is 0 Å². The molecule has 2 N–H and O–H groups in total. The topological polar surface area (TPSA) is 80.5 Å². The molecule has 0 radical (unpaired) electrons. The van der Waals surface area contributed by atoms with E-state index in [0.29, 0.717) is 5.56 Å². The van der Waals surface area contributed by atoms with E-state index in [-0.39, 0.29) is 16.8 Å². The molecular formula is C14H20N2O3S. The second kappa shape index (κ2) is 5.54. The number of sulfonamides is 1. The summed E-state index contributed by atoms with van der Waals surface area (Å²) in [5.74, 6) is -0.139. The predicted octanol–water partition coefficient (Wildman–Crippen LogP) is 1.66. The summed E-state index contributed by atoms with van der Waals surface area (Å²) in [6, 6.07) is 4.67. The van der Waals surface area contributed by atoms with Crippen molar-refractivity contribution in [1.29, 1.82) is 0 Å². The first kappa shape index (κ1) is 15.0. The molecule has 1 aliphatic rings. The number of nitrogens with zero attached hydrogens (tertiary/aromatic N) is 1. The lowest BCUT2D eigenvalue weighted by Gasteiger charge is -2.25. The number of nitrogens with two attached hydrogens (primary N) is 1. The fraction of sp³-hybridized carbons (Fsp3) is 0.500. The molecule has 0 atom stereocenters. The van der Waals surface area contributed by atoms with Crippen molar-refractivity contribution in [1.82, 2.24) is 4.90 Å². The summed E-state index contributed by atoms with van der Waals surface area (Å²) < 4.78 is 22.8. The Morgan fingerprint density at radius 1 is 1.30 bits per heavy atom. The van der Waals surface area contributed by atoms with Gasteiger partial charge in [0, 0.05) is 18.7 Å². The number of amides is 1. The van der Waals surface area contributed by atoms with Crippen molar-refractivity contribution in [3.05, 3.63) is 29.3 Å². The molecule has 0 aliphatic heterocycles. The Morgan fingerprint density at radius 3 is 2.45 bits per heavy atom. The third-order valence-electron chi connectivity index (χ3n) is 3.96. The van der Waals surface area contributed by atoms with Crippen LogP contribution in [0.25, 0.3) is 0 Å². The molecule has 1 aromatic rings. The van der Waals surface area contributed by atoms with Crippen LogP contribution in [0.2, 0.25) is 0 Å². The van der Waals surface area contributed by atoms with Crippen LogP contribution in [-0.2, 0) is 10.0 Å². The number of hydrogen-bond donors (Lipinski definition) is 1. The SMILES string of the molecule is Cc1ccc(S(N)(=O)=O)cc1C(=O)N(C)C1CCCC1. The van der Waals surface area contributed by atoms with Crippen LogP contribution in [0.4, 0.5) is 0 Å². The zero-order chi connectivity index (χ0) is 14.9. The molecule has 1 saturated carbocycles. The van der Waals surface area contributed by atoms with Crippen molar-refractivity contribution >= 4 is 15.9 Å². The van der Waals surface area contributed by atoms with E-state index in [1.54, 1.807) is 24.9 Å². The summed E-state index contributed by atoms with van der Waals surface area (Å²) in [6.45, 7) is 1.79. The molecule has 2 rings (SSSR count). The fourth-order valence-electron chi connectivity index (χ4n) is 2.66. The average molecular weight is 296 g/mol. The molecule has 110 valence electrons. The van der Waals surface area contributed by atoms with Crippen LogP contribution in [0.15, 0.2) is 23.1 Å². The van der Waals surface area contributed by atoms with Crippen LogP contribution in [0.5, 0.6) is 0 Å². The van der Waals surface area contributed by atoms with Crippen molar-refractivity contribution in [2.24, 2.45) is 5.14 Å². The van der Waals surface area contributed by atoms with Crippen LogP contribution < -0.4 is 5.14 Å². The van der Waals surface area contributed by atoms with E-state index in [4.69, 9.17) is 5.14 Å². The van der Waals surface area contributed by atoms with Gasteiger partial charge in [-0.2, -0.15) is 0 Å². The summed E-state index contributed by atoms with van der Waals surface area (Å²) in [5.41, 5.74) is 1.16. The number of hydrogen-bond acceptors (Lipinski definition) is 3. The maximum atomic E-state index is 12.5. The van der Waals surface area contributed by atoms with Gasteiger partial charge in [-0.05, 0) is 37.5 Å². The first-order valence-corrected chi connectivity index (χ1v) is 8.26. The molecular weight excluding hydrogens is 276 g/mol. The molecule has 0 bridgehead atoms. The van der Waals surface area contributed by atoms with Gasteiger partial charge in [0.1, 0.15) is 0 Å². The highest BCUT2D eigenvalue weighted by molar-refractivity contribution is 7.89. The summed E-state index contributed by atoms with van der Waals surface area (Å²) in [7, 11) is -2.01. The summed E-state index contributed by atoms with van der Waals surface area (Å²) >= 11 is 0. The minimum atomic E-state index is -3.79. The Morgan fingerprint density at radius 2 is 1.90 bits per heavy atom. The van der Waals surface area contributed by atoms with Gasteiger partial charge in [-0.3, -0.25) is 4.79 Å². The quantitative estimate of drug-likeness (QED) is 0.921. The Hall–Kier alpha value is -1.40. The normalized spacial score (nSPS) is 16.4. The second-order valence-electron chi connectivity index (χ2n) is 5.38. The zero-order valence-corrected chi connectivity index (χ0v) is 12.6. The van der Waals surface area contributed by atoms with Gasteiger partial charge in [-0.1, -0.05) is 18.9 Å². The van der Waals surface area contributed by atoms with Crippen LogP contribution in [0.3, 0.4) is 0 Å². The smallest absolute Gasteiger partial charge is 0.254 e. The molecule has 0 saturated heterocycles. The lowest BCUT2D eigenvalue weighted by molar-refractivity contribution is 0.0734. The number of primary sulfonamides is 1. The molecule has 1 amide bonds. The maximum absolute atomic E-state index is 12.5. The summed E-state index contributed by atoms with van der Waals surface area (Å²) in [6.07, 6.45) is 4.29. The van der Waals surface area contributed by atoms with Crippen LogP contribution in [-0.4, -0.2) is 32.3 Å². The second-order valence-corrected chi connectivity index (χ2v) is 6.94. The third kappa shape index (κ3) is 3.02. The first-order chi connectivity index (χ1) is 9.30. The first-order valence-electron chi connectivity index (χ1n) is 6.71. The van der Waals surface area contributed by atoms with Gasteiger partial charge in [0.25, 0.3) is 5.91 Å². The van der Waals surface area contributed by atoms with Gasteiger partial charge in [-0.15, -0.1) is 0 Å². The summed E-state index contributed by atoms with van der Waals surface area (Å²) in [5, 5.41) is 5.12. The lowest BCUT2D eigenvalue weighted by atomic mass is 10.1. The number of aryl methyl sites for hydroxylation is 1. The molecule has 6 heteroatoms. The minimum absolute atomic E-state index is 0.0220. The maximum Gasteiger partial charge on any atom is 0.254 e. The molecule has 1 aliphatic carbocycles. The van der Waals surface area contributed by atoms with Crippen molar-refractivity contribution in [2.75, 3.05) is 7.05 Å². The Kier molecular flexibility index (Phi) is 4.15. The lowest BCUT2D eigenvalue weighted by Crippen LogP contribution is -2.35. The largest absolute Gasteiger partial charge is 0.339 e. The van der Waals surface area contributed by atoms with E-state index in [1.807, 2.05) is 0 Å². The van der Waals surface area contributed by atoms with Gasteiger partial charge in [-0.25, -0.2) is 13.6 Å². The number of rotatable bonds is 3. The molecule has 0 unspecified atom stereocenters. The van der Waals surface area contributed by atoms with Crippen LogP contribution in [0, 0.1) is 6.92 Å². The number of carbonyl (C=O) groups is 1. The zero-order valence-electron chi connectivity index (χ0n) is 11.8. The molecule has 1 aromatic carbocycles. The van der Waals surface area contributed by atoms with E-state index >= 15 is 0 Å². The van der Waals surface area contributed by atoms with Gasteiger partial charge in [0.05, 0.1) is 4.90 Å². The number of benzene rings is 1. The summed E-state index contributed by atoms with van der Waals surface area (Å²) in [4.78, 5) is 14.2. The third-order valence-corrected chi connectivity index (χ3v) is 4.87. The highest BCUT2D eigenvalue weighted by atomic mass is 32.2. The molecule has 20 heavy (non-hydrogen) atoms. The number of carbonyl (C=O) groups excluding carboxylic acids is 1. The highest BCUT2D eigenvalue weighted by Gasteiger charge is 2.25.